The molecule has 1 N–H and O–H groups in total. The molecule has 8 heteroatoms. The number of hydrogen-bond donors (Lipinski definition) is 1. The second-order valence-electron chi connectivity index (χ2n) is 8.03. The molecule has 6 nitrogen and oxygen atoms in total. The molecule has 2 aliphatic rings. The van der Waals surface area contributed by atoms with Gasteiger partial charge in [-0.3, -0.25) is 9.69 Å². The van der Waals surface area contributed by atoms with Gasteiger partial charge >= 0.3 is 0 Å². The Morgan fingerprint density at radius 2 is 1.73 bits per heavy atom. The van der Waals surface area contributed by atoms with Gasteiger partial charge in [-0.2, -0.15) is 0 Å². The van der Waals surface area contributed by atoms with Gasteiger partial charge < -0.3 is 19.5 Å². The maximum atomic E-state index is 12.5. The number of carbonyl (C=O) groups excluding carboxylic acids is 1. The Kier molecular flexibility index (Phi) is 9.23. The zero-order valence-electron chi connectivity index (χ0n) is 19.0. The Morgan fingerprint density at radius 1 is 1.06 bits per heavy atom. The zero-order chi connectivity index (χ0) is 22.9. The van der Waals surface area contributed by atoms with Crippen molar-refractivity contribution in [3.8, 4) is 11.5 Å². The first-order valence-corrected chi connectivity index (χ1v) is 13.5. The normalized spacial score (nSPS) is 18.5. The lowest BCUT2D eigenvalue weighted by Crippen LogP contribution is -2.44. The Bertz CT molecular complexity index is 867. The molecule has 0 spiro atoms. The summed E-state index contributed by atoms with van der Waals surface area (Å²) >= 11 is 4.00. The van der Waals surface area contributed by atoms with Gasteiger partial charge in [-0.25, -0.2) is 0 Å². The molecule has 0 saturated carbocycles. The summed E-state index contributed by atoms with van der Waals surface area (Å²) < 4.78 is 17.1. The van der Waals surface area contributed by atoms with Gasteiger partial charge in [-0.15, -0.1) is 23.5 Å². The third kappa shape index (κ3) is 7.06. The minimum absolute atomic E-state index is 0.00468. The van der Waals surface area contributed by atoms with E-state index in [9.17, 15) is 4.79 Å². The van der Waals surface area contributed by atoms with E-state index in [0.29, 0.717) is 24.3 Å². The number of ether oxygens (including phenoxy) is 3. The second kappa shape index (κ2) is 12.6. The highest BCUT2D eigenvalue weighted by molar-refractivity contribution is 8.16. The van der Waals surface area contributed by atoms with E-state index >= 15 is 0 Å². The summed E-state index contributed by atoms with van der Waals surface area (Å²) in [5, 5.41) is 3.06. The van der Waals surface area contributed by atoms with Crippen LogP contribution in [0, 0.1) is 0 Å². The van der Waals surface area contributed by atoms with Crippen LogP contribution in [0.2, 0.25) is 0 Å². The third-order valence-corrected chi connectivity index (χ3v) is 8.84. The SMILES string of the molecule is COc1ccc(C(CNC(=O)COc2ccc(C3SCCCS3)cc2)N2CCOCC2)cc1. The van der Waals surface area contributed by atoms with Crippen LogP contribution >= 0.6 is 23.5 Å². The summed E-state index contributed by atoms with van der Waals surface area (Å²) in [5.41, 5.74) is 2.46. The van der Waals surface area contributed by atoms with Gasteiger partial charge in [-0.1, -0.05) is 24.3 Å². The van der Waals surface area contributed by atoms with Crippen LogP contribution in [0.1, 0.15) is 28.2 Å². The third-order valence-electron chi connectivity index (χ3n) is 5.83. The van der Waals surface area contributed by atoms with Crippen molar-refractivity contribution in [3.05, 3.63) is 59.7 Å². The van der Waals surface area contributed by atoms with Gasteiger partial charge in [0.15, 0.2) is 6.61 Å². The largest absolute Gasteiger partial charge is 0.497 e. The van der Waals surface area contributed by atoms with Crippen molar-refractivity contribution < 1.29 is 19.0 Å². The molecule has 2 aromatic carbocycles. The van der Waals surface area contributed by atoms with Crippen LogP contribution in [0.3, 0.4) is 0 Å². The number of rotatable bonds is 9. The number of methoxy groups -OCH3 is 1. The average molecular weight is 489 g/mol. The summed E-state index contributed by atoms with van der Waals surface area (Å²) in [4.78, 5) is 14.9. The van der Waals surface area contributed by atoms with Crippen LogP contribution in [0.15, 0.2) is 48.5 Å². The Hall–Kier alpha value is -1.87. The first kappa shape index (κ1) is 24.3. The highest BCUT2D eigenvalue weighted by atomic mass is 32.2. The van der Waals surface area contributed by atoms with Gasteiger partial charge in [0.25, 0.3) is 5.91 Å². The highest BCUT2D eigenvalue weighted by Crippen LogP contribution is 2.43. The molecule has 0 aliphatic carbocycles. The summed E-state index contributed by atoms with van der Waals surface area (Å²) in [7, 11) is 1.66. The van der Waals surface area contributed by atoms with Gasteiger partial charge in [0, 0.05) is 19.6 Å². The second-order valence-corrected chi connectivity index (χ2v) is 10.8. The smallest absolute Gasteiger partial charge is 0.258 e. The molecule has 0 bridgehead atoms. The molecular formula is C25H32N2O4S2. The van der Waals surface area contributed by atoms with Gasteiger partial charge in [0.1, 0.15) is 11.5 Å². The lowest BCUT2D eigenvalue weighted by molar-refractivity contribution is -0.123. The average Bonchev–Trinajstić information content (AvgIpc) is 2.89. The Labute approximate surface area is 204 Å². The topological polar surface area (TPSA) is 60.0 Å². The van der Waals surface area contributed by atoms with Gasteiger partial charge in [-0.05, 0) is 53.3 Å². The molecule has 2 aliphatic heterocycles. The summed E-state index contributed by atoms with van der Waals surface area (Å²) in [6.45, 7) is 3.61. The van der Waals surface area contributed by atoms with Crippen LogP contribution in [-0.4, -0.2) is 68.9 Å². The van der Waals surface area contributed by atoms with E-state index in [1.165, 1.54) is 23.5 Å². The Balaban J connectivity index is 1.29. The molecule has 2 fully saturated rings. The van der Waals surface area contributed by atoms with Crippen molar-refractivity contribution in [2.24, 2.45) is 0 Å². The standard InChI is InChI=1S/C25H32N2O4S2/c1-29-21-7-3-19(4-8-21)23(27-11-13-30-14-12-27)17-26-24(28)18-31-22-9-5-20(6-10-22)25-32-15-2-16-33-25/h3-10,23,25H,2,11-18H2,1H3,(H,26,28). The fourth-order valence-corrected chi connectivity index (χ4v) is 6.88. The van der Waals surface area contributed by atoms with E-state index < -0.39 is 0 Å². The number of nitrogens with one attached hydrogen (secondary N) is 1. The molecule has 178 valence electrons. The lowest BCUT2D eigenvalue weighted by Gasteiger charge is -2.35. The number of amides is 1. The number of hydrogen-bond acceptors (Lipinski definition) is 7. The van der Waals surface area contributed by atoms with Crippen molar-refractivity contribution in [3.63, 3.8) is 0 Å². The van der Waals surface area contributed by atoms with E-state index in [-0.39, 0.29) is 18.6 Å². The van der Waals surface area contributed by atoms with Crippen molar-refractivity contribution in [1.82, 2.24) is 10.2 Å². The molecule has 33 heavy (non-hydrogen) atoms. The minimum Gasteiger partial charge on any atom is -0.497 e. The monoisotopic (exact) mass is 488 g/mol. The quantitative estimate of drug-likeness (QED) is 0.569. The van der Waals surface area contributed by atoms with Crippen LogP contribution in [0.4, 0.5) is 0 Å². The number of benzene rings is 2. The predicted octanol–water partition coefficient (Wildman–Crippen LogP) is 4.13. The molecule has 2 aromatic rings. The molecule has 4 rings (SSSR count). The predicted molar refractivity (Wildman–Crippen MR) is 135 cm³/mol. The van der Waals surface area contributed by atoms with Gasteiger partial charge in [0.2, 0.25) is 0 Å². The lowest BCUT2D eigenvalue weighted by atomic mass is 10.0. The fraction of sp³-hybridized carbons (Fsp3) is 0.480. The number of thioether (sulfide) groups is 2. The molecule has 0 radical (unpaired) electrons. The first-order valence-electron chi connectivity index (χ1n) is 11.4. The molecule has 0 aromatic heterocycles. The van der Waals surface area contributed by atoms with Crippen molar-refractivity contribution in [2.75, 3.05) is 58.1 Å². The molecule has 2 heterocycles. The number of carbonyl (C=O) groups is 1. The zero-order valence-corrected chi connectivity index (χ0v) is 20.7. The first-order chi connectivity index (χ1) is 16.2. The van der Waals surface area contributed by atoms with E-state index in [1.807, 2.05) is 47.8 Å². The Morgan fingerprint density at radius 3 is 2.39 bits per heavy atom. The van der Waals surface area contributed by atoms with Crippen molar-refractivity contribution >= 4 is 29.4 Å². The van der Waals surface area contributed by atoms with E-state index in [4.69, 9.17) is 14.2 Å². The van der Waals surface area contributed by atoms with E-state index in [1.54, 1.807) is 7.11 Å². The summed E-state index contributed by atoms with van der Waals surface area (Å²) in [6.07, 6.45) is 1.28. The number of morpholine rings is 1. The molecular weight excluding hydrogens is 456 g/mol. The van der Waals surface area contributed by atoms with E-state index in [2.05, 4.69) is 34.5 Å². The van der Waals surface area contributed by atoms with Gasteiger partial charge in [0.05, 0.1) is 30.9 Å². The van der Waals surface area contributed by atoms with E-state index in [0.717, 1.165) is 30.2 Å². The molecule has 2 saturated heterocycles. The van der Waals surface area contributed by atoms with Crippen LogP contribution < -0.4 is 14.8 Å². The molecule has 1 unspecified atom stereocenters. The van der Waals surface area contributed by atoms with Crippen LogP contribution in [0.25, 0.3) is 0 Å². The van der Waals surface area contributed by atoms with Crippen molar-refractivity contribution in [2.45, 2.75) is 17.0 Å². The van der Waals surface area contributed by atoms with Crippen LogP contribution in [-0.2, 0) is 9.53 Å². The molecule has 1 amide bonds. The van der Waals surface area contributed by atoms with Crippen molar-refractivity contribution in [1.29, 1.82) is 0 Å². The number of nitrogens with zero attached hydrogens (tertiary/aromatic N) is 1. The highest BCUT2D eigenvalue weighted by Gasteiger charge is 2.23. The minimum atomic E-state index is -0.121. The summed E-state index contributed by atoms with van der Waals surface area (Å²) in [6, 6.07) is 16.3. The van der Waals surface area contributed by atoms with Crippen LogP contribution in [0.5, 0.6) is 11.5 Å². The maximum absolute atomic E-state index is 12.5. The fourth-order valence-electron chi connectivity index (χ4n) is 3.98. The maximum Gasteiger partial charge on any atom is 0.258 e. The molecule has 1 atom stereocenters. The summed E-state index contributed by atoms with van der Waals surface area (Å²) in [5.74, 6) is 3.86.